The number of carbonyl (C=O) groups excluding carboxylic acids is 1. The zero-order chi connectivity index (χ0) is 18.7. The molecule has 1 amide bonds. The molecular formula is C19H22N2O4S. The maximum atomic E-state index is 12.6. The number of carbonyl (C=O) groups is 1. The lowest BCUT2D eigenvalue weighted by Gasteiger charge is -2.30. The van der Waals surface area contributed by atoms with Crippen molar-refractivity contribution in [2.24, 2.45) is 0 Å². The monoisotopic (exact) mass is 374 g/mol. The maximum absolute atomic E-state index is 12.6. The van der Waals surface area contributed by atoms with Crippen molar-refractivity contribution >= 4 is 27.3 Å². The number of nitrogens with one attached hydrogen (secondary N) is 1. The zero-order valence-corrected chi connectivity index (χ0v) is 15.7. The first-order valence-electron chi connectivity index (χ1n) is 8.53. The van der Waals surface area contributed by atoms with Crippen LogP contribution in [0.4, 0.5) is 11.4 Å². The van der Waals surface area contributed by atoms with Gasteiger partial charge in [0.2, 0.25) is 10.0 Å². The molecule has 0 spiro atoms. The molecule has 0 atom stereocenters. The molecule has 0 fully saturated rings. The van der Waals surface area contributed by atoms with Crippen LogP contribution in [0.5, 0.6) is 5.75 Å². The van der Waals surface area contributed by atoms with Gasteiger partial charge in [-0.3, -0.25) is 9.10 Å². The van der Waals surface area contributed by atoms with Gasteiger partial charge in [-0.2, -0.15) is 0 Å². The highest BCUT2D eigenvalue weighted by atomic mass is 32.2. The first-order chi connectivity index (χ1) is 12.4. The van der Waals surface area contributed by atoms with E-state index < -0.39 is 10.0 Å². The van der Waals surface area contributed by atoms with Crippen LogP contribution in [-0.2, 0) is 16.4 Å². The number of ether oxygens (including phenoxy) is 1. The number of rotatable bonds is 5. The number of aryl methyl sites for hydroxylation is 1. The largest absolute Gasteiger partial charge is 0.497 e. The van der Waals surface area contributed by atoms with Crippen LogP contribution >= 0.6 is 0 Å². The molecule has 0 radical (unpaired) electrons. The van der Waals surface area contributed by atoms with Gasteiger partial charge in [0.25, 0.3) is 5.91 Å². The van der Waals surface area contributed by atoms with Crippen LogP contribution < -0.4 is 14.4 Å². The van der Waals surface area contributed by atoms with E-state index in [0.29, 0.717) is 29.2 Å². The number of anilines is 2. The Bertz CT molecular complexity index is 925. The first kappa shape index (κ1) is 18.3. The van der Waals surface area contributed by atoms with Gasteiger partial charge in [-0.15, -0.1) is 0 Å². The van der Waals surface area contributed by atoms with E-state index >= 15 is 0 Å². The minimum Gasteiger partial charge on any atom is -0.497 e. The summed E-state index contributed by atoms with van der Waals surface area (Å²) in [5.74, 6) is 0.482. The highest BCUT2D eigenvalue weighted by molar-refractivity contribution is 7.92. The molecule has 0 unspecified atom stereocenters. The molecule has 138 valence electrons. The Morgan fingerprint density at radius 2 is 2.04 bits per heavy atom. The van der Waals surface area contributed by atoms with Crippen LogP contribution in [-0.4, -0.2) is 33.7 Å². The molecule has 7 heteroatoms. The number of methoxy groups -OCH3 is 1. The Morgan fingerprint density at radius 1 is 1.23 bits per heavy atom. The average Bonchev–Trinajstić information content (AvgIpc) is 2.67. The number of amides is 1. The second-order valence-electron chi connectivity index (χ2n) is 6.11. The number of hydrogen-bond acceptors (Lipinski definition) is 4. The fourth-order valence-electron chi connectivity index (χ4n) is 3.05. The van der Waals surface area contributed by atoms with Gasteiger partial charge in [-0.25, -0.2) is 8.42 Å². The molecule has 1 N–H and O–H groups in total. The minimum atomic E-state index is -3.31. The fourth-order valence-corrected chi connectivity index (χ4v) is 4.25. The van der Waals surface area contributed by atoms with Crippen LogP contribution in [0.3, 0.4) is 0 Å². The molecule has 3 rings (SSSR count). The number of sulfonamides is 1. The minimum absolute atomic E-state index is 0.0600. The molecule has 0 saturated heterocycles. The van der Waals surface area contributed by atoms with Crippen molar-refractivity contribution in [1.82, 2.24) is 0 Å². The second-order valence-corrected chi connectivity index (χ2v) is 8.29. The first-order valence-corrected chi connectivity index (χ1v) is 10.1. The van der Waals surface area contributed by atoms with Crippen LogP contribution in [0, 0.1) is 0 Å². The number of hydrogen-bond donors (Lipinski definition) is 1. The standard InChI is InChI=1S/C19H22N2O4S/c1-3-26(23,24)21-11-5-6-14-12-15(9-10-18(14)21)19(22)20-16-7-4-8-17(13-16)25-2/h4,7-10,12-13H,3,5-6,11H2,1-2H3,(H,20,22). The summed E-state index contributed by atoms with van der Waals surface area (Å²) in [6.07, 6.45) is 1.50. The Kier molecular flexibility index (Phi) is 5.18. The maximum Gasteiger partial charge on any atom is 0.255 e. The second kappa shape index (κ2) is 7.37. The predicted octanol–water partition coefficient (Wildman–Crippen LogP) is 3.05. The number of nitrogens with zero attached hydrogens (tertiary/aromatic N) is 1. The smallest absolute Gasteiger partial charge is 0.255 e. The van der Waals surface area contributed by atoms with Gasteiger partial charge in [0.15, 0.2) is 0 Å². The van der Waals surface area contributed by atoms with Gasteiger partial charge >= 0.3 is 0 Å². The average molecular weight is 374 g/mol. The summed E-state index contributed by atoms with van der Waals surface area (Å²) in [6.45, 7) is 2.12. The van der Waals surface area contributed by atoms with Gasteiger partial charge in [0.05, 0.1) is 18.6 Å². The van der Waals surface area contributed by atoms with E-state index in [1.807, 2.05) is 0 Å². The molecule has 1 aliphatic heterocycles. The van der Waals surface area contributed by atoms with E-state index in [1.54, 1.807) is 56.5 Å². The van der Waals surface area contributed by atoms with Gasteiger partial charge in [0.1, 0.15) is 5.75 Å². The van der Waals surface area contributed by atoms with Crippen molar-refractivity contribution in [3.63, 3.8) is 0 Å². The van der Waals surface area contributed by atoms with Crippen LogP contribution in [0.1, 0.15) is 29.3 Å². The normalized spacial score (nSPS) is 13.8. The molecule has 0 bridgehead atoms. The van der Waals surface area contributed by atoms with Crippen molar-refractivity contribution in [2.75, 3.05) is 29.0 Å². The molecule has 1 heterocycles. The van der Waals surface area contributed by atoms with Crippen molar-refractivity contribution in [3.8, 4) is 5.75 Å². The quantitative estimate of drug-likeness (QED) is 0.873. The van der Waals surface area contributed by atoms with Crippen molar-refractivity contribution in [3.05, 3.63) is 53.6 Å². The van der Waals surface area contributed by atoms with Gasteiger partial charge in [-0.1, -0.05) is 6.07 Å². The van der Waals surface area contributed by atoms with E-state index in [4.69, 9.17) is 4.74 Å². The molecule has 0 aromatic heterocycles. The van der Waals surface area contributed by atoms with Crippen molar-refractivity contribution in [2.45, 2.75) is 19.8 Å². The highest BCUT2D eigenvalue weighted by Gasteiger charge is 2.26. The summed E-state index contributed by atoms with van der Waals surface area (Å²) in [4.78, 5) is 12.6. The van der Waals surface area contributed by atoms with Crippen molar-refractivity contribution < 1.29 is 17.9 Å². The van der Waals surface area contributed by atoms with E-state index in [0.717, 1.165) is 18.4 Å². The Hall–Kier alpha value is -2.54. The predicted molar refractivity (Wildman–Crippen MR) is 103 cm³/mol. The number of fused-ring (bicyclic) bond motifs is 1. The van der Waals surface area contributed by atoms with Gasteiger partial charge < -0.3 is 10.1 Å². The summed E-state index contributed by atoms with van der Waals surface area (Å²) in [5.41, 5.74) is 2.70. The Morgan fingerprint density at radius 3 is 2.77 bits per heavy atom. The zero-order valence-electron chi connectivity index (χ0n) is 14.9. The summed E-state index contributed by atoms with van der Waals surface area (Å²) < 4.78 is 31.2. The molecule has 0 aliphatic carbocycles. The molecular weight excluding hydrogens is 352 g/mol. The van der Waals surface area contributed by atoms with Gasteiger partial charge in [-0.05, 0) is 55.7 Å². The number of benzene rings is 2. The summed E-state index contributed by atoms with van der Waals surface area (Å²) in [7, 11) is -1.74. The SMILES string of the molecule is CCS(=O)(=O)N1CCCc2cc(C(=O)Nc3cccc(OC)c3)ccc21. The van der Waals surface area contributed by atoms with E-state index in [9.17, 15) is 13.2 Å². The molecule has 6 nitrogen and oxygen atoms in total. The molecule has 2 aromatic carbocycles. The van der Waals surface area contributed by atoms with Crippen LogP contribution in [0.15, 0.2) is 42.5 Å². The van der Waals surface area contributed by atoms with Crippen molar-refractivity contribution in [1.29, 1.82) is 0 Å². The Balaban J connectivity index is 1.85. The molecule has 2 aromatic rings. The third kappa shape index (κ3) is 3.67. The van der Waals surface area contributed by atoms with E-state index in [1.165, 1.54) is 4.31 Å². The third-order valence-corrected chi connectivity index (χ3v) is 6.23. The summed E-state index contributed by atoms with van der Waals surface area (Å²) in [6, 6.07) is 12.3. The lowest BCUT2D eigenvalue weighted by atomic mass is 10.0. The lowest BCUT2D eigenvalue weighted by molar-refractivity contribution is 0.102. The third-order valence-electron chi connectivity index (χ3n) is 4.45. The van der Waals surface area contributed by atoms with Crippen LogP contribution in [0.25, 0.3) is 0 Å². The Labute approximate surface area is 153 Å². The van der Waals surface area contributed by atoms with E-state index in [2.05, 4.69) is 5.32 Å². The lowest BCUT2D eigenvalue weighted by Crippen LogP contribution is -2.36. The molecule has 0 saturated carbocycles. The van der Waals surface area contributed by atoms with Crippen LogP contribution in [0.2, 0.25) is 0 Å². The van der Waals surface area contributed by atoms with Gasteiger partial charge in [0, 0.05) is 23.9 Å². The fraction of sp³-hybridized carbons (Fsp3) is 0.316. The summed E-state index contributed by atoms with van der Waals surface area (Å²) in [5, 5.41) is 2.84. The molecule has 26 heavy (non-hydrogen) atoms. The summed E-state index contributed by atoms with van der Waals surface area (Å²) >= 11 is 0. The van der Waals surface area contributed by atoms with E-state index in [-0.39, 0.29) is 11.7 Å². The topological polar surface area (TPSA) is 75.7 Å². The highest BCUT2D eigenvalue weighted by Crippen LogP contribution is 2.30. The molecule has 1 aliphatic rings.